The van der Waals surface area contributed by atoms with Crippen LogP contribution in [-0.2, 0) is 6.54 Å². The fourth-order valence-electron chi connectivity index (χ4n) is 1.74. The van der Waals surface area contributed by atoms with Gasteiger partial charge in [-0.15, -0.1) is 0 Å². The van der Waals surface area contributed by atoms with Crippen LogP contribution in [0.3, 0.4) is 0 Å². The van der Waals surface area contributed by atoms with Crippen molar-refractivity contribution in [3.8, 4) is 0 Å². The van der Waals surface area contributed by atoms with E-state index >= 15 is 0 Å². The van der Waals surface area contributed by atoms with Crippen molar-refractivity contribution in [2.45, 2.75) is 36.2 Å². The topological polar surface area (TPSA) is 12.0 Å². The van der Waals surface area contributed by atoms with Gasteiger partial charge in [-0.1, -0.05) is 67.0 Å². The Morgan fingerprint density at radius 2 is 1.80 bits per heavy atom. The van der Waals surface area contributed by atoms with Crippen molar-refractivity contribution >= 4 is 35.0 Å². The largest absolute Gasteiger partial charge is 0.310 e. The fraction of sp³-hybridized carbons (Fsp3) is 0.250. The van der Waals surface area contributed by atoms with Gasteiger partial charge in [0, 0.05) is 27.4 Å². The molecule has 0 spiro atoms. The maximum Gasteiger partial charge on any atom is 0.0546 e. The van der Waals surface area contributed by atoms with E-state index in [9.17, 15) is 0 Å². The lowest BCUT2D eigenvalue weighted by Crippen LogP contribution is -2.22. The quantitative estimate of drug-likeness (QED) is 0.763. The minimum atomic E-state index is 0.461. The zero-order chi connectivity index (χ0) is 14.5. The molecule has 0 aliphatic carbocycles. The Morgan fingerprint density at radius 3 is 2.55 bits per heavy atom. The van der Waals surface area contributed by atoms with Gasteiger partial charge in [0.05, 0.1) is 5.02 Å². The molecule has 0 aliphatic heterocycles. The molecule has 0 aliphatic rings. The predicted molar refractivity (Wildman–Crippen MR) is 89.0 cm³/mol. The van der Waals surface area contributed by atoms with E-state index in [1.54, 1.807) is 17.8 Å². The number of rotatable bonds is 5. The molecule has 2 aromatic carbocycles. The Kier molecular flexibility index (Phi) is 5.79. The molecule has 0 saturated carbocycles. The number of benzene rings is 2. The van der Waals surface area contributed by atoms with Gasteiger partial charge < -0.3 is 5.32 Å². The van der Waals surface area contributed by atoms with E-state index in [1.165, 1.54) is 10.5 Å². The monoisotopic (exact) mass is 325 g/mol. The fourth-order valence-corrected chi connectivity index (χ4v) is 3.21. The van der Waals surface area contributed by atoms with Gasteiger partial charge in [-0.05, 0) is 29.8 Å². The van der Waals surface area contributed by atoms with E-state index in [1.807, 2.05) is 18.2 Å². The molecule has 0 amide bonds. The number of nitrogens with one attached hydrogen (secondary N) is 1. The highest BCUT2D eigenvalue weighted by Gasteiger charge is 2.08. The first-order valence-corrected chi connectivity index (χ1v) is 8.07. The average Bonchev–Trinajstić information content (AvgIpc) is 2.42. The summed E-state index contributed by atoms with van der Waals surface area (Å²) in [5, 5.41) is 4.87. The molecule has 0 aromatic heterocycles. The first-order valence-electron chi connectivity index (χ1n) is 6.50. The van der Waals surface area contributed by atoms with Crippen LogP contribution in [-0.4, -0.2) is 6.04 Å². The summed E-state index contributed by atoms with van der Waals surface area (Å²) in [4.78, 5) is 2.18. The van der Waals surface area contributed by atoms with Gasteiger partial charge in [0.15, 0.2) is 0 Å². The normalized spacial score (nSPS) is 11.1. The van der Waals surface area contributed by atoms with Crippen LogP contribution in [0.15, 0.2) is 52.3 Å². The second kappa shape index (κ2) is 7.37. The summed E-state index contributed by atoms with van der Waals surface area (Å²) in [5.74, 6) is 0. The number of hydrogen-bond donors (Lipinski definition) is 1. The summed E-state index contributed by atoms with van der Waals surface area (Å²) in [5.41, 5.74) is 1.27. The summed E-state index contributed by atoms with van der Waals surface area (Å²) in [6.07, 6.45) is 0. The number of halogens is 2. The van der Waals surface area contributed by atoms with Crippen LogP contribution in [0, 0.1) is 0 Å². The van der Waals surface area contributed by atoms with Gasteiger partial charge in [-0.25, -0.2) is 0 Å². The van der Waals surface area contributed by atoms with E-state index in [2.05, 4.69) is 37.4 Å². The van der Waals surface area contributed by atoms with E-state index in [0.29, 0.717) is 11.1 Å². The standard InChI is InChI=1S/C16H17Cl2NS/c1-11(2)19-10-12-5-3-4-6-15(12)20-16-9-13(17)7-8-14(16)18/h3-9,11,19H,10H2,1-2H3. The minimum Gasteiger partial charge on any atom is -0.310 e. The second-order valence-corrected chi connectivity index (χ2v) is 6.75. The molecule has 0 atom stereocenters. The van der Waals surface area contributed by atoms with Crippen molar-refractivity contribution < 1.29 is 0 Å². The zero-order valence-electron chi connectivity index (χ0n) is 11.5. The SMILES string of the molecule is CC(C)NCc1ccccc1Sc1cc(Cl)ccc1Cl. The molecule has 1 nitrogen and oxygen atoms in total. The Balaban J connectivity index is 2.22. The predicted octanol–water partition coefficient (Wildman–Crippen LogP) is 5.64. The molecule has 0 saturated heterocycles. The van der Waals surface area contributed by atoms with Crippen LogP contribution in [0.4, 0.5) is 0 Å². The lowest BCUT2D eigenvalue weighted by Gasteiger charge is -2.13. The average molecular weight is 326 g/mol. The van der Waals surface area contributed by atoms with Crippen molar-refractivity contribution in [1.82, 2.24) is 5.32 Å². The van der Waals surface area contributed by atoms with Crippen LogP contribution in [0.25, 0.3) is 0 Å². The lowest BCUT2D eigenvalue weighted by atomic mass is 10.2. The Morgan fingerprint density at radius 1 is 1.05 bits per heavy atom. The first-order chi connectivity index (χ1) is 9.56. The van der Waals surface area contributed by atoms with Gasteiger partial charge >= 0.3 is 0 Å². The maximum absolute atomic E-state index is 6.23. The highest BCUT2D eigenvalue weighted by Crippen LogP contribution is 2.36. The van der Waals surface area contributed by atoms with Crippen molar-refractivity contribution in [3.63, 3.8) is 0 Å². The lowest BCUT2D eigenvalue weighted by molar-refractivity contribution is 0.585. The Hall–Kier alpha value is -0.670. The molecule has 106 valence electrons. The van der Waals surface area contributed by atoms with Crippen molar-refractivity contribution in [2.75, 3.05) is 0 Å². The maximum atomic E-state index is 6.23. The molecule has 0 bridgehead atoms. The smallest absolute Gasteiger partial charge is 0.0546 e. The van der Waals surface area contributed by atoms with Crippen molar-refractivity contribution in [3.05, 3.63) is 58.1 Å². The third kappa shape index (κ3) is 4.42. The molecular weight excluding hydrogens is 309 g/mol. The molecule has 2 aromatic rings. The zero-order valence-corrected chi connectivity index (χ0v) is 13.8. The molecule has 4 heteroatoms. The summed E-state index contributed by atoms with van der Waals surface area (Å²) >= 11 is 13.9. The van der Waals surface area contributed by atoms with Crippen molar-refractivity contribution in [2.24, 2.45) is 0 Å². The Bertz CT molecular complexity index is 584. The molecule has 20 heavy (non-hydrogen) atoms. The molecule has 1 N–H and O–H groups in total. The van der Waals surface area contributed by atoms with E-state index in [-0.39, 0.29) is 0 Å². The molecule has 0 heterocycles. The van der Waals surface area contributed by atoms with Crippen LogP contribution in [0.2, 0.25) is 10.0 Å². The van der Waals surface area contributed by atoms with Crippen molar-refractivity contribution in [1.29, 1.82) is 0 Å². The second-order valence-electron chi connectivity index (χ2n) is 4.82. The summed E-state index contributed by atoms with van der Waals surface area (Å²) in [6, 6.07) is 14.3. The van der Waals surface area contributed by atoms with Crippen LogP contribution < -0.4 is 5.32 Å². The van der Waals surface area contributed by atoms with Gasteiger partial charge in [0.1, 0.15) is 0 Å². The molecule has 0 fully saturated rings. The van der Waals surface area contributed by atoms with Crippen LogP contribution >= 0.6 is 35.0 Å². The molecule has 0 radical (unpaired) electrons. The molecular formula is C16H17Cl2NS. The van der Waals surface area contributed by atoms with Gasteiger partial charge in [-0.3, -0.25) is 0 Å². The third-order valence-corrected chi connectivity index (χ3v) is 4.64. The first kappa shape index (κ1) is 15.7. The van der Waals surface area contributed by atoms with E-state index in [0.717, 1.165) is 16.5 Å². The Labute approximate surface area is 134 Å². The van der Waals surface area contributed by atoms with Gasteiger partial charge in [-0.2, -0.15) is 0 Å². The summed E-state index contributed by atoms with van der Waals surface area (Å²) < 4.78 is 0. The molecule has 0 unspecified atom stereocenters. The number of hydrogen-bond acceptors (Lipinski definition) is 2. The minimum absolute atomic E-state index is 0.461. The van der Waals surface area contributed by atoms with Gasteiger partial charge in [0.25, 0.3) is 0 Å². The molecule has 2 rings (SSSR count). The van der Waals surface area contributed by atoms with Crippen LogP contribution in [0.1, 0.15) is 19.4 Å². The van der Waals surface area contributed by atoms with E-state index < -0.39 is 0 Å². The summed E-state index contributed by atoms with van der Waals surface area (Å²) in [6.45, 7) is 5.13. The third-order valence-electron chi connectivity index (χ3n) is 2.79. The van der Waals surface area contributed by atoms with E-state index in [4.69, 9.17) is 23.2 Å². The highest BCUT2D eigenvalue weighted by molar-refractivity contribution is 7.99. The highest BCUT2D eigenvalue weighted by atomic mass is 35.5. The van der Waals surface area contributed by atoms with Crippen LogP contribution in [0.5, 0.6) is 0 Å². The summed E-state index contributed by atoms with van der Waals surface area (Å²) in [7, 11) is 0. The van der Waals surface area contributed by atoms with Gasteiger partial charge in [0.2, 0.25) is 0 Å².